The highest BCUT2D eigenvalue weighted by atomic mass is 15.2. The molecule has 1 aliphatic carbocycles. The van der Waals surface area contributed by atoms with Crippen LogP contribution >= 0.6 is 0 Å². The summed E-state index contributed by atoms with van der Waals surface area (Å²) in [6.07, 6.45) is 6.83. The maximum absolute atomic E-state index is 5.76. The van der Waals surface area contributed by atoms with Gasteiger partial charge in [-0.1, -0.05) is 12.5 Å². The lowest BCUT2D eigenvalue weighted by molar-refractivity contribution is 0.360. The second-order valence-electron chi connectivity index (χ2n) is 5.01. The Morgan fingerprint density at radius 2 is 2.06 bits per heavy atom. The second-order valence-corrected chi connectivity index (χ2v) is 5.01. The fraction of sp³-hybridized carbons (Fsp3) is 0.615. The highest BCUT2D eigenvalue weighted by Crippen LogP contribution is 2.38. The minimum atomic E-state index is 0.637. The van der Waals surface area contributed by atoms with E-state index in [-0.39, 0.29) is 0 Å². The molecule has 0 radical (unpaired) electrons. The fourth-order valence-corrected chi connectivity index (χ4v) is 3.34. The first kappa shape index (κ1) is 9.94. The maximum Gasteiger partial charge on any atom is 0.131 e. The number of nitrogens with zero attached hydrogens (tertiary/aromatic N) is 2. The maximum atomic E-state index is 5.76. The minimum Gasteiger partial charge on any atom is -0.384 e. The molecule has 2 unspecified atom stereocenters. The largest absolute Gasteiger partial charge is 0.384 e. The first-order chi connectivity index (χ1) is 7.84. The van der Waals surface area contributed by atoms with Gasteiger partial charge in [0.15, 0.2) is 0 Å². The first-order valence-corrected chi connectivity index (χ1v) is 6.34. The molecule has 0 spiro atoms. The molecule has 3 nitrogen and oxygen atoms in total. The molecule has 2 atom stereocenters. The Hall–Kier alpha value is -1.25. The predicted octanol–water partition coefficient (Wildman–Crippen LogP) is 2.43. The molecule has 1 aliphatic heterocycles. The number of aromatic nitrogens is 1. The number of piperidine rings is 1. The topological polar surface area (TPSA) is 42.1 Å². The van der Waals surface area contributed by atoms with Crippen LogP contribution in [0, 0.1) is 5.92 Å². The summed E-state index contributed by atoms with van der Waals surface area (Å²) in [5.74, 6) is 2.62. The Bertz CT molecular complexity index is 377. The monoisotopic (exact) mass is 217 g/mol. The van der Waals surface area contributed by atoms with Gasteiger partial charge in [0, 0.05) is 12.6 Å². The summed E-state index contributed by atoms with van der Waals surface area (Å²) >= 11 is 0. The van der Waals surface area contributed by atoms with Gasteiger partial charge in [0.05, 0.1) is 0 Å². The molecular formula is C13H19N3. The van der Waals surface area contributed by atoms with Gasteiger partial charge in [-0.3, -0.25) is 0 Å². The van der Waals surface area contributed by atoms with Crippen molar-refractivity contribution in [1.29, 1.82) is 0 Å². The Labute approximate surface area is 96.7 Å². The summed E-state index contributed by atoms with van der Waals surface area (Å²) < 4.78 is 0. The fourth-order valence-electron chi connectivity index (χ4n) is 3.34. The van der Waals surface area contributed by atoms with Crippen LogP contribution in [0.4, 0.5) is 11.6 Å². The normalized spacial score (nSPS) is 29.1. The number of pyridine rings is 1. The molecule has 3 heteroatoms. The molecule has 3 rings (SSSR count). The van der Waals surface area contributed by atoms with E-state index in [0.29, 0.717) is 5.82 Å². The van der Waals surface area contributed by atoms with Crippen molar-refractivity contribution in [3.05, 3.63) is 18.2 Å². The van der Waals surface area contributed by atoms with Crippen LogP contribution in [0.25, 0.3) is 0 Å². The summed E-state index contributed by atoms with van der Waals surface area (Å²) in [5, 5.41) is 0. The van der Waals surface area contributed by atoms with Crippen molar-refractivity contribution in [2.45, 2.75) is 38.1 Å². The molecule has 2 N–H and O–H groups in total. The summed E-state index contributed by atoms with van der Waals surface area (Å²) in [5.41, 5.74) is 5.76. The van der Waals surface area contributed by atoms with Crippen molar-refractivity contribution < 1.29 is 0 Å². The molecule has 1 aromatic heterocycles. The Balaban J connectivity index is 1.88. The van der Waals surface area contributed by atoms with Gasteiger partial charge in [-0.25, -0.2) is 4.98 Å². The van der Waals surface area contributed by atoms with Crippen molar-refractivity contribution >= 4 is 11.6 Å². The number of anilines is 2. The third-order valence-electron chi connectivity index (χ3n) is 4.04. The van der Waals surface area contributed by atoms with Gasteiger partial charge < -0.3 is 10.6 Å². The number of hydrogen-bond donors (Lipinski definition) is 1. The lowest BCUT2D eigenvalue weighted by Crippen LogP contribution is -2.43. The van der Waals surface area contributed by atoms with E-state index in [0.717, 1.165) is 24.3 Å². The molecule has 86 valence electrons. The number of rotatable bonds is 1. The van der Waals surface area contributed by atoms with Crippen LogP contribution in [-0.2, 0) is 0 Å². The van der Waals surface area contributed by atoms with Crippen molar-refractivity contribution in [3.8, 4) is 0 Å². The van der Waals surface area contributed by atoms with E-state index in [1.807, 2.05) is 12.1 Å². The molecule has 1 saturated carbocycles. The average Bonchev–Trinajstić information content (AvgIpc) is 2.76. The van der Waals surface area contributed by atoms with Gasteiger partial charge in [-0.05, 0) is 43.7 Å². The van der Waals surface area contributed by atoms with Crippen molar-refractivity contribution in [2.75, 3.05) is 17.2 Å². The van der Waals surface area contributed by atoms with E-state index >= 15 is 0 Å². The van der Waals surface area contributed by atoms with E-state index in [1.165, 1.54) is 32.1 Å². The van der Waals surface area contributed by atoms with Crippen LogP contribution in [0.2, 0.25) is 0 Å². The van der Waals surface area contributed by atoms with Gasteiger partial charge in [0.25, 0.3) is 0 Å². The molecule has 2 heterocycles. The van der Waals surface area contributed by atoms with Gasteiger partial charge in [-0.15, -0.1) is 0 Å². The average molecular weight is 217 g/mol. The Morgan fingerprint density at radius 1 is 1.19 bits per heavy atom. The zero-order valence-corrected chi connectivity index (χ0v) is 9.60. The van der Waals surface area contributed by atoms with Gasteiger partial charge in [0.2, 0.25) is 0 Å². The van der Waals surface area contributed by atoms with Gasteiger partial charge >= 0.3 is 0 Å². The molecule has 0 aromatic carbocycles. The summed E-state index contributed by atoms with van der Waals surface area (Å²) in [6, 6.07) is 6.69. The Morgan fingerprint density at radius 3 is 2.94 bits per heavy atom. The number of nitrogen functional groups attached to an aromatic ring is 1. The Kier molecular flexibility index (Phi) is 2.46. The molecule has 2 fully saturated rings. The first-order valence-electron chi connectivity index (χ1n) is 6.34. The minimum absolute atomic E-state index is 0.637. The van der Waals surface area contributed by atoms with Crippen molar-refractivity contribution in [2.24, 2.45) is 5.92 Å². The van der Waals surface area contributed by atoms with E-state index in [4.69, 9.17) is 5.73 Å². The van der Waals surface area contributed by atoms with Crippen LogP contribution in [0.3, 0.4) is 0 Å². The third-order valence-corrected chi connectivity index (χ3v) is 4.04. The SMILES string of the molecule is Nc1cccc(N2CCCC3CCCC32)n1. The smallest absolute Gasteiger partial charge is 0.131 e. The van der Waals surface area contributed by atoms with Crippen LogP contribution < -0.4 is 10.6 Å². The molecule has 0 amide bonds. The standard InChI is InChI=1S/C13H19N3/c14-12-7-2-8-13(15-12)16-9-3-5-10-4-1-6-11(10)16/h2,7-8,10-11H,1,3-6,9H2,(H2,14,15). The lowest BCUT2D eigenvalue weighted by Gasteiger charge is -2.38. The number of nitrogens with two attached hydrogens (primary N) is 1. The van der Waals surface area contributed by atoms with Crippen molar-refractivity contribution in [1.82, 2.24) is 4.98 Å². The second kappa shape index (κ2) is 3.96. The number of hydrogen-bond acceptors (Lipinski definition) is 3. The molecule has 0 bridgehead atoms. The van der Waals surface area contributed by atoms with Crippen LogP contribution in [0.1, 0.15) is 32.1 Å². The quantitative estimate of drug-likeness (QED) is 0.785. The van der Waals surface area contributed by atoms with Crippen LogP contribution in [-0.4, -0.2) is 17.6 Å². The third kappa shape index (κ3) is 1.64. The molecule has 16 heavy (non-hydrogen) atoms. The van der Waals surface area contributed by atoms with Crippen LogP contribution in [0.5, 0.6) is 0 Å². The lowest BCUT2D eigenvalue weighted by atomic mass is 9.92. The molecule has 1 saturated heterocycles. The zero-order valence-electron chi connectivity index (χ0n) is 9.60. The highest BCUT2D eigenvalue weighted by molar-refractivity contribution is 5.46. The van der Waals surface area contributed by atoms with Crippen LogP contribution in [0.15, 0.2) is 18.2 Å². The summed E-state index contributed by atoms with van der Waals surface area (Å²) in [4.78, 5) is 6.94. The van der Waals surface area contributed by atoms with Gasteiger partial charge in [-0.2, -0.15) is 0 Å². The molecule has 1 aromatic rings. The highest BCUT2D eigenvalue weighted by Gasteiger charge is 2.35. The van der Waals surface area contributed by atoms with E-state index < -0.39 is 0 Å². The molecular weight excluding hydrogens is 198 g/mol. The van der Waals surface area contributed by atoms with E-state index in [1.54, 1.807) is 0 Å². The van der Waals surface area contributed by atoms with Crippen molar-refractivity contribution in [3.63, 3.8) is 0 Å². The predicted molar refractivity (Wildman–Crippen MR) is 66.4 cm³/mol. The summed E-state index contributed by atoms with van der Waals surface area (Å²) in [7, 11) is 0. The van der Waals surface area contributed by atoms with E-state index in [9.17, 15) is 0 Å². The number of fused-ring (bicyclic) bond motifs is 1. The van der Waals surface area contributed by atoms with Gasteiger partial charge in [0.1, 0.15) is 11.6 Å². The molecule has 2 aliphatic rings. The zero-order chi connectivity index (χ0) is 11.0. The summed E-state index contributed by atoms with van der Waals surface area (Å²) in [6.45, 7) is 1.15. The van der Waals surface area contributed by atoms with E-state index in [2.05, 4.69) is 16.0 Å².